The van der Waals surface area contributed by atoms with Crippen molar-refractivity contribution < 1.29 is 29.6 Å². The molecular weight excluding hydrogens is 625 g/mol. The van der Waals surface area contributed by atoms with Crippen molar-refractivity contribution in [3.8, 4) is 11.9 Å². The zero-order chi connectivity index (χ0) is 33.2. The second-order valence-corrected chi connectivity index (χ2v) is 7.47. The monoisotopic (exact) mass is 645 g/mol. The van der Waals surface area contributed by atoms with Crippen LogP contribution in [0.25, 0.3) is 32.8 Å². The smallest absolute Gasteiger partial charge is 0.444 e. The number of hydrogen-bond acceptors (Lipinski definition) is 23. The van der Waals surface area contributed by atoms with Crippen LogP contribution < -0.4 is 52.1 Å². The Kier molecular flexibility index (Phi) is 16.3. The third-order valence-corrected chi connectivity index (χ3v) is 4.32. The van der Waals surface area contributed by atoms with Gasteiger partial charge in [-0.15, -0.1) is 66.5 Å². The van der Waals surface area contributed by atoms with Gasteiger partial charge in [0.2, 0.25) is 0 Å². The molecule has 5 rings (SSSR count). The standard InChI is InChI=1S/C12H14N8.C2N10.C2H6N8.HNO2.Na/c1-7-5-9(3)19(17-7)11-13-15-12(16-14-11)20-10(4)6-8(2)18-20;3-11-9-1-5-7-2(8-6-1)10-12-4;3-5-1-7-9-2(6-4)10-8-1;2-1-3;/h5-6H,1-4H3;;3-4H2,(H,5,7,8)(H,6,9,10);(H,2,3);/q;;;;+1/p-1. The molecule has 0 spiro atoms. The minimum absolute atomic E-state index is 0. The molecule has 5 heterocycles. The van der Waals surface area contributed by atoms with E-state index in [0.29, 0.717) is 11.9 Å². The van der Waals surface area contributed by atoms with Gasteiger partial charge in [0.05, 0.1) is 11.4 Å². The number of rotatable bonds is 6. The van der Waals surface area contributed by atoms with Crippen molar-refractivity contribution in [2.75, 3.05) is 10.9 Å². The minimum atomic E-state index is -0.227. The Morgan fingerprint density at radius 2 is 0.978 bits per heavy atom. The SMILES string of the molecule is Cc1cc(C)n(-c2nnc(-n3nc(C)cc3C)nn2)n1.NNc1nnc(NN)nn1.O=N[O-].[N-]=[N+]=Nc1nnc(N=[N+]=[N-])nn1.[Na+]. The zero-order valence-corrected chi connectivity index (χ0v) is 26.4. The summed E-state index contributed by atoms with van der Waals surface area (Å²) >= 11 is 0. The molecule has 6 N–H and O–H groups in total. The largest absolute Gasteiger partial charge is 1.00 e. The second-order valence-electron chi connectivity index (χ2n) is 7.47. The van der Waals surface area contributed by atoms with E-state index >= 15 is 0 Å². The van der Waals surface area contributed by atoms with Crippen LogP contribution in [0, 0.1) is 37.8 Å². The molecule has 0 unspecified atom stereocenters. The van der Waals surface area contributed by atoms with E-state index in [1.165, 1.54) is 0 Å². The van der Waals surface area contributed by atoms with Crippen molar-refractivity contribution in [3.05, 3.63) is 65.9 Å². The van der Waals surface area contributed by atoms with Gasteiger partial charge in [-0.3, -0.25) is 10.9 Å². The summed E-state index contributed by atoms with van der Waals surface area (Å²) < 4.78 is 3.22. The summed E-state index contributed by atoms with van der Waals surface area (Å²) in [6.07, 6.45) is 0. The van der Waals surface area contributed by atoms with E-state index in [2.05, 4.69) is 102 Å². The number of aromatic nitrogens is 16. The third kappa shape index (κ3) is 11.8. The van der Waals surface area contributed by atoms with Gasteiger partial charge in [0.1, 0.15) is 0 Å². The molecule has 29 nitrogen and oxygen atoms in total. The summed E-state index contributed by atoms with van der Waals surface area (Å²) in [7, 11) is 0. The predicted molar refractivity (Wildman–Crippen MR) is 148 cm³/mol. The molecule has 46 heavy (non-hydrogen) atoms. The van der Waals surface area contributed by atoms with Gasteiger partial charge in [0, 0.05) is 21.2 Å². The van der Waals surface area contributed by atoms with Crippen molar-refractivity contribution >= 4 is 23.8 Å². The van der Waals surface area contributed by atoms with Crippen molar-refractivity contribution in [2.45, 2.75) is 27.7 Å². The van der Waals surface area contributed by atoms with Crippen LogP contribution in [0.15, 0.2) is 27.7 Å². The van der Waals surface area contributed by atoms with E-state index in [1.54, 1.807) is 9.36 Å². The van der Waals surface area contributed by atoms with Gasteiger partial charge in [-0.25, -0.2) is 21.0 Å². The Balaban J connectivity index is 0.000000350. The van der Waals surface area contributed by atoms with Crippen LogP contribution in [0.4, 0.5) is 23.8 Å². The van der Waals surface area contributed by atoms with Crippen molar-refractivity contribution in [1.29, 1.82) is 0 Å². The van der Waals surface area contributed by atoms with Gasteiger partial charge in [-0.2, -0.15) is 10.2 Å². The average Bonchev–Trinajstić information content (AvgIpc) is 3.57. The van der Waals surface area contributed by atoms with Crippen LogP contribution in [0.5, 0.6) is 0 Å². The zero-order valence-electron chi connectivity index (χ0n) is 24.4. The predicted octanol–water partition coefficient (Wildman–Crippen LogP) is -2.89. The quantitative estimate of drug-likeness (QED) is 0.0274. The molecule has 232 valence electrons. The number of anilines is 2. The number of nitrogens with two attached hydrogens (primary N) is 2. The molecule has 0 aliphatic heterocycles. The van der Waals surface area contributed by atoms with Gasteiger partial charge in [-0.1, -0.05) is 0 Å². The van der Waals surface area contributed by atoms with Crippen molar-refractivity contribution in [1.82, 2.24) is 80.7 Å². The third-order valence-electron chi connectivity index (χ3n) is 4.32. The average molecular weight is 646 g/mol. The van der Waals surface area contributed by atoms with E-state index in [-0.39, 0.29) is 53.4 Å². The summed E-state index contributed by atoms with van der Waals surface area (Å²) in [4.78, 5) is 12.8. The number of nitrogens with one attached hydrogen (secondary N) is 2. The molecule has 0 radical (unpaired) electrons. The maximum Gasteiger partial charge on any atom is 1.00 e. The molecule has 0 fully saturated rings. The first-order chi connectivity index (χ1) is 21.7. The van der Waals surface area contributed by atoms with Gasteiger partial charge in [-0.05, 0) is 61.1 Å². The molecule has 0 aliphatic carbocycles. The topological polar surface area (TPSA) is 416 Å². The molecule has 0 bridgehead atoms. The normalized spacial score (nSPS) is 9.09. The number of azide groups is 2. The summed E-state index contributed by atoms with van der Waals surface area (Å²) in [5.41, 5.74) is 23.9. The van der Waals surface area contributed by atoms with E-state index < -0.39 is 0 Å². The van der Waals surface area contributed by atoms with Gasteiger partial charge in [0.25, 0.3) is 35.7 Å². The first-order valence-corrected chi connectivity index (χ1v) is 11.5. The molecular formula is C16H20N27NaO2. The molecule has 0 atom stereocenters. The summed E-state index contributed by atoms with van der Waals surface area (Å²) in [6.45, 7) is 7.68. The van der Waals surface area contributed by atoms with Gasteiger partial charge in [0.15, 0.2) is 0 Å². The molecule has 0 saturated carbocycles. The number of hydrazine groups is 2. The van der Waals surface area contributed by atoms with Crippen LogP contribution in [-0.4, -0.2) is 80.7 Å². The number of nitrogen functional groups attached to an aromatic ring is 2. The first-order valence-electron chi connectivity index (χ1n) is 11.5. The molecule has 0 aliphatic rings. The van der Waals surface area contributed by atoms with Gasteiger partial charge < -0.3 is 10.1 Å². The molecule has 0 amide bonds. The second kappa shape index (κ2) is 19.9. The Morgan fingerprint density at radius 3 is 1.20 bits per heavy atom. The Bertz CT molecular complexity index is 1620. The Morgan fingerprint density at radius 1 is 0.674 bits per heavy atom. The summed E-state index contributed by atoms with van der Waals surface area (Å²) in [5.74, 6) is 10.4. The molecule has 5 aromatic rings. The van der Waals surface area contributed by atoms with Crippen LogP contribution in [0.1, 0.15) is 22.8 Å². The first kappa shape index (κ1) is 37.8. The van der Waals surface area contributed by atoms with E-state index in [4.69, 9.17) is 32.9 Å². The van der Waals surface area contributed by atoms with Crippen LogP contribution in [-0.2, 0) is 0 Å². The van der Waals surface area contributed by atoms with Crippen molar-refractivity contribution in [2.24, 2.45) is 27.3 Å². The Hall–Kier alpha value is -6.22. The number of nitrogens with zero attached hydrogens (tertiary/aromatic N) is 23. The van der Waals surface area contributed by atoms with Gasteiger partial charge >= 0.3 is 29.6 Å². The number of aryl methyl sites for hydroxylation is 4. The van der Waals surface area contributed by atoms with Crippen LogP contribution >= 0.6 is 0 Å². The maximum atomic E-state index is 8.00. The summed E-state index contributed by atoms with van der Waals surface area (Å²) in [5, 5.41) is 66.8. The van der Waals surface area contributed by atoms with Crippen molar-refractivity contribution in [3.63, 3.8) is 0 Å². The fourth-order valence-corrected chi connectivity index (χ4v) is 2.77. The van der Waals surface area contributed by atoms with E-state index in [0.717, 1.165) is 28.1 Å². The molecule has 5 aromatic heterocycles. The van der Waals surface area contributed by atoms with E-state index in [1.807, 2.05) is 39.8 Å². The van der Waals surface area contributed by atoms with Crippen LogP contribution in [0.3, 0.4) is 0 Å². The maximum absolute atomic E-state index is 8.00. The minimum Gasteiger partial charge on any atom is -0.444 e. The molecule has 0 saturated heterocycles. The fraction of sp³-hybridized carbons (Fsp3) is 0.250. The van der Waals surface area contributed by atoms with Crippen LogP contribution in [0.2, 0.25) is 0 Å². The number of hydrogen-bond donors (Lipinski definition) is 4. The molecule has 30 heteroatoms. The fourth-order valence-electron chi connectivity index (χ4n) is 2.77. The summed E-state index contributed by atoms with van der Waals surface area (Å²) in [6, 6.07) is 3.89. The molecule has 0 aromatic carbocycles. The van der Waals surface area contributed by atoms with E-state index in [9.17, 15) is 0 Å². The Labute approximate surface area is 277 Å².